The monoisotopic (exact) mass is 232 g/mol. The lowest BCUT2D eigenvalue weighted by atomic mass is 9.98. The molecule has 0 heterocycles. The second kappa shape index (κ2) is 7.72. The van der Waals surface area contributed by atoms with E-state index >= 15 is 0 Å². The summed E-state index contributed by atoms with van der Waals surface area (Å²) in [6.07, 6.45) is 8.06. The second-order valence-corrected chi connectivity index (χ2v) is 4.30. The highest BCUT2D eigenvalue weighted by molar-refractivity contribution is 5.41. The number of hydrogen-bond acceptors (Lipinski definition) is 1. The van der Waals surface area contributed by atoms with Crippen LogP contribution in [0.5, 0.6) is 0 Å². The van der Waals surface area contributed by atoms with Crippen LogP contribution in [-0.4, -0.2) is 7.11 Å². The first-order chi connectivity index (χ1) is 7.92. The third kappa shape index (κ3) is 5.96. The Bertz CT molecular complexity index is 365. The van der Waals surface area contributed by atoms with E-state index in [1.165, 1.54) is 5.57 Å². The van der Waals surface area contributed by atoms with E-state index < -0.39 is 0 Å². The van der Waals surface area contributed by atoms with Gasteiger partial charge in [0.1, 0.15) is 5.76 Å². The van der Waals surface area contributed by atoms with Crippen LogP contribution in [0.15, 0.2) is 59.9 Å². The van der Waals surface area contributed by atoms with Crippen LogP contribution in [0, 0.1) is 5.92 Å². The van der Waals surface area contributed by atoms with Gasteiger partial charge in [0.25, 0.3) is 0 Å². The number of ether oxygens (including phenoxy) is 1. The van der Waals surface area contributed by atoms with Gasteiger partial charge in [-0.3, -0.25) is 0 Å². The van der Waals surface area contributed by atoms with Crippen LogP contribution in [0.1, 0.15) is 27.7 Å². The molecule has 0 aromatic carbocycles. The first-order valence-electron chi connectivity index (χ1n) is 5.87. The van der Waals surface area contributed by atoms with Gasteiger partial charge >= 0.3 is 0 Å². The maximum Gasteiger partial charge on any atom is 0.111 e. The van der Waals surface area contributed by atoms with Crippen molar-refractivity contribution in [3.05, 3.63) is 59.9 Å². The molecule has 0 rings (SSSR count). The molecule has 0 saturated carbocycles. The van der Waals surface area contributed by atoms with Crippen molar-refractivity contribution in [1.29, 1.82) is 0 Å². The molecule has 0 aliphatic rings. The fourth-order valence-electron chi connectivity index (χ4n) is 1.32. The summed E-state index contributed by atoms with van der Waals surface area (Å²) in [7, 11) is 1.61. The molecule has 0 bridgehead atoms. The number of hydrogen-bond donors (Lipinski definition) is 0. The zero-order valence-electron chi connectivity index (χ0n) is 11.7. The molecule has 0 aromatic heterocycles. The largest absolute Gasteiger partial charge is 0.497 e. The molecular weight excluding hydrogens is 208 g/mol. The Morgan fingerprint density at radius 1 is 1.18 bits per heavy atom. The summed E-state index contributed by atoms with van der Waals surface area (Å²) < 4.78 is 4.97. The molecule has 1 nitrogen and oxygen atoms in total. The van der Waals surface area contributed by atoms with Crippen molar-refractivity contribution < 1.29 is 4.74 Å². The lowest BCUT2D eigenvalue weighted by Crippen LogP contribution is -1.92. The van der Waals surface area contributed by atoms with Crippen molar-refractivity contribution in [1.82, 2.24) is 0 Å². The van der Waals surface area contributed by atoms with Crippen LogP contribution >= 0.6 is 0 Å². The summed E-state index contributed by atoms with van der Waals surface area (Å²) in [5, 5.41) is 0. The number of methoxy groups -OCH3 is 1. The molecule has 0 atom stereocenters. The molecule has 17 heavy (non-hydrogen) atoms. The van der Waals surface area contributed by atoms with Crippen LogP contribution < -0.4 is 0 Å². The van der Waals surface area contributed by atoms with Crippen LogP contribution in [0.2, 0.25) is 0 Å². The molecule has 0 aromatic rings. The highest BCUT2D eigenvalue weighted by atomic mass is 16.5. The van der Waals surface area contributed by atoms with Crippen LogP contribution in [0.25, 0.3) is 0 Å². The third-order valence-corrected chi connectivity index (χ3v) is 2.62. The summed E-state index contributed by atoms with van der Waals surface area (Å²) in [5.41, 5.74) is 3.46. The van der Waals surface area contributed by atoms with Gasteiger partial charge in [0.05, 0.1) is 7.11 Å². The van der Waals surface area contributed by atoms with E-state index in [1.54, 1.807) is 7.11 Å². The van der Waals surface area contributed by atoms with E-state index in [-0.39, 0.29) is 0 Å². The quantitative estimate of drug-likeness (QED) is 0.472. The molecule has 0 amide bonds. The predicted octanol–water partition coefficient (Wildman–Crippen LogP) is 4.81. The van der Waals surface area contributed by atoms with E-state index in [1.807, 2.05) is 12.2 Å². The van der Waals surface area contributed by atoms with Crippen molar-refractivity contribution in [3.63, 3.8) is 0 Å². The molecule has 0 unspecified atom stereocenters. The second-order valence-electron chi connectivity index (χ2n) is 4.30. The van der Waals surface area contributed by atoms with Crippen LogP contribution in [0.4, 0.5) is 0 Å². The molecule has 1 heteroatoms. The minimum Gasteiger partial charge on any atom is -0.497 e. The summed E-state index contributed by atoms with van der Waals surface area (Å²) >= 11 is 0. The SMILES string of the molecule is C=C(/C=C\C(=C)/C(C)=C/C(=C\C)C(C)C)OC. The van der Waals surface area contributed by atoms with E-state index in [2.05, 4.69) is 53.0 Å². The van der Waals surface area contributed by atoms with Crippen molar-refractivity contribution in [2.24, 2.45) is 5.92 Å². The maximum absolute atomic E-state index is 4.97. The summed E-state index contributed by atoms with van der Waals surface area (Å²) in [6.45, 7) is 16.3. The Hall–Kier alpha value is -1.50. The molecule has 0 radical (unpaired) electrons. The molecule has 0 spiro atoms. The van der Waals surface area contributed by atoms with E-state index in [0.29, 0.717) is 11.7 Å². The molecular formula is C16H24O. The lowest BCUT2D eigenvalue weighted by molar-refractivity contribution is 0.309. The summed E-state index contributed by atoms with van der Waals surface area (Å²) in [6, 6.07) is 0. The fraction of sp³-hybridized carbons (Fsp3) is 0.375. The smallest absolute Gasteiger partial charge is 0.111 e. The predicted molar refractivity (Wildman–Crippen MR) is 76.8 cm³/mol. The first-order valence-corrected chi connectivity index (χ1v) is 5.87. The average Bonchev–Trinajstić information content (AvgIpc) is 2.31. The van der Waals surface area contributed by atoms with Crippen molar-refractivity contribution >= 4 is 0 Å². The van der Waals surface area contributed by atoms with Crippen LogP contribution in [-0.2, 0) is 4.74 Å². The van der Waals surface area contributed by atoms with E-state index in [4.69, 9.17) is 4.74 Å². The Morgan fingerprint density at radius 2 is 1.76 bits per heavy atom. The molecule has 0 aliphatic carbocycles. The Labute approximate surface area is 106 Å². The normalized spacial score (nSPS) is 13.3. The standard InChI is InChI=1S/C16H24O/c1-8-16(12(2)3)11-14(5)13(4)9-10-15(6)17-7/h8-12H,4,6H2,1-3,5,7H3/b10-9-,14-11+,16-8+. The van der Waals surface area contributed by atoms with Gasteiger partial charge in [-0.15, -0.1) is 0 Å². The molecule has 94 valence electrons. The minimum atomic E-state index is 0.528. The van der Waals surface area contributed by atoms with Gasteiger partial charge < -0.3 is 4.74 Å². The Kier molecular flexibility index (Phi) is 7.04. The number of allylic oxidation sites excluding steroid dienone is 7. The fourth-order valence-corrected chi connectivity index (χ4v) is 1.32. The highest BCUT2D eigenvalue weighted by Gasteiger charge is 2.00. The van der Waals surface area contributed by atoms with Gasteiger partial charge in [0.15, 0.2) is 0 Å². The lowest BCUT2D eigenvalue weighted by Gasteiger charge is -2.08. The van der Waals surface area contributed by atoms with Gasteiger partial charge in [-0.05, 0) is 42.6 Å². The maximum atomic E-state index is 4.97. The molecule has 0 N–H and O–H groups in total. The average molecular weight is 232 g/mol. The van der Waals surface area contributed by atoms with Gasteiger partial charge in [-0.1, -0.05) is 45.2 Å². The number of rotatable bonds is 6. The van der Waals surface area contributed by atoms with E-state index in [0.717, 1.165) is 11.1 Å². The van der Waals surface area contributed by atoms with Gasteiger partial charge in [-0.25, -0.2) is 0 Å². The zero-order chi connectivity index (χ0) is 13.4. The van der Waals surface area contributed by atoms with Crippen molar-refractivity contribution in [2.45, 2.75) is 27.7 Å². The van der Waals surface area contributed by atoms with Crippen molar-refractivity contribution in [3.8, 4) is 0 Å². The summed E-state index contributed by atoms with van der Waals surface area (Å²) in [4.78, 5) is 0. The van der Waals surface area contributed by atoms with Gasteiger partial charge in [0.2, 0.25) is 0 Å². The van der Waals surface area contributed by atoms with Crippen LogP contribution in [0.3, 0.4) is 0 Å². The Balaban J connectivity index is 4.76. The topological polar surface area (TPSA) is 9.23 Å². The third-order valence-electron chi connectivity index (χ3n) is 2.62. The first kappa shape index (κ1) is 15.5. The highest BCUT2D eigenvalue weighted by Crippen LogP contribution is 2.17. The summed E-state index contributed by atoms with van der Waals surface area (Å²) in [5.74, 6) is 1.16. The molecule has 0 saturated heterocycles. The van der Waals surface area contributed by atoms with E-state index in [9.17, 15) is 0 Å². The zero-order valence-corrected chi connectivity index (χ0v) is 11.7. The molecule has 0 aliphatic heterocycles. The van der Waals surface area contributed by atoms with Crippen molar-refractivity contribution in [2.75, 3.05) is 7.11 Å². The van der Waals surface area contributed by atoms with Gasteiger partial charge in [-0.2, -0.15) is 0 Å². The molecule has 0 fully saturated rings. The van der Waals surface area contributed by atoms with Gasteiger partial charge in [0, 0.05) is 0 Å². The minimum absolute atomic E-state index is 0.528. The Morgan fingerprint density at radius 3 is 2.18 bits per heavy atom.